The Labute approximate surface area is 123 Å². The second-order valence-corrected chi connectivity index (χ2v) is 7.46. The maximum atomic E-state index is 13.2. The molecule has 0 spiro atoms. The zero-order valence-electron chi connectivity index (χ0n) is 11.9. The predicted octanol–water partition coefficient (Wildman–Crippen LogP) is 3.68. The first-order chi connectivity index (χ1) is 9.99. The van der Waals surface area contributed by atoms with Crippen LogP contribution in [0.3, 0.4) is 0 Å². The molecule has 4 saturated carbocycles. The first kappa shape index (κ1) is 13.1. The minimum absolute atomic E-state index is 0.0419. The maximum absolute atomic E-state index is 13.2. The second kappa shape index (κ2) is 4.21. The highest BCUT2D eigenvalue weighted by atomic mass is 19.1. The molecule has 0 aromatic heterocycles. The molecule has 3 nitrogen and oxygen atoms in total. The van der Waals surface area contributed by atoms with Crippen LogP contribution >= 0.6 is 0 Å². The lowest BCUT2D eigenvalue weighted by Gasteiger charge is -2.62. The number of hydrogen-bond donors (Lipinski definition) is 2. The largest absolute Gasteiger partial charge is 0.465 e. The van der Waals surface area contributed by atoms with Gasteiger partial charge in [-0.05, 0) is 73.5 Å². The summed E-state index contributed by atoms with van der Waals surface area (Å²) in [6, 6.07) is 6.87. The first-order valence-corrected chi connectivity index (χ1v) is 7.76. The molecule has 4 heteroatoms. The normalized spacial score (nSPS) is 40.2. The number of amides is 1. The van der Waals surface area contributed by atoms with Crippen LogP contribution in [0.1, 0.15) is 44.1 Å². The van der Waals surface area contributed by atoms with Crippen LogP contribution in [0.15, 0.2) is 24.3 Å². The fourth-order valence-corrected chi connectivity index (χ4v) is 5.78. The lowest BCUT2D eigenvalue weighted by molar-refractivity contribution is -0.0375. The topological polar surface area (TPSA) is 49.3 Å². The van der Waals surface area contributed by atoms with E-state index >= 15 is 0 Å². The quantitative estimate of drug-likeness (QED) is 0.872. The fourth-order valence-electron chi connectivity index (χ4n) is 5.78. The summed E-state index contributed by atoms with van der Waals surface area (Å²) in [6.07, 6.45) is 5.37. The molecular formula is C17H20FNO2. The molecule has 2 unspecified atom stereocenters. The van der Waals surface area contributed by atoms with E-state index in [1.165, 1.54) is 24.1 Å². The number of benzene rings is 1. The summed E-state index contributed by atoms with van der Waals surface area (Å²) in [7, 11) is 0. The van der Waals surface area contributed by atoms with Crippen molar-refractivity contribution in [3.8, 4) is 0 Å². The summed E-state index contributed by atoms with van der Waals surface area (Å²) in [5.74, 6) is 0.994. The van der Waals surface area contributed by atoms with Gasteiger partial charge in [0.1, 0.15) is 5.82 Å². The summed E-state index contributed by atoms with van der Waals surface area (Å²) in [6.45, 7) is 0. The molecule has 21 heavy (non-hydrogen) atoms. The smallest absolute Gasteiger partial charge is 0.405 e. The summed E-state index contributed by atoms with van der Waals surface area (Å²) in [5.41, 5.74) is 0.972. The number of rotatable bonds is 2. The molecule has 4 bridgehead atoms. The molecule has 0 radical (unpaired) electrons. The molecule has 4 aliphatic carbocycles. The highest BCUT2D eigenvalue weighted by Gasteiger charge is 2.58. The Morgan fingerprint density at radius 2 is 1.76 bits per heavy atom. The van der Waals surface area contributed by atoms with Crippen LogP contribution in [0.25, 0.3) is 0 Å². The second-order valence-electron chi connectivity index (χ2n) is 7.46. The highest BCUT2D eigenvalue weighted by Crippen LogP contribution is 2.62. The van der Waals surface area contributed by atoms with Gasteiger partial charge in [-0.25, -0.2) is 9.18 Å². The number of carbonyl (C=O) groups is 1. The average Bonchev–Trinajstić information content (AvgIpc) is 2.35. The predicted molar refractivity (Wildman–Crippen MR) is 76.7 cm³/mol. The Morgan fingerprint density at radius 1 is 1.14 bits per heavy atom. The Morgan fingerprint density at radius 3 is 2.33 bits per heavy atom. The monoisotopic (exact) mass is 289 g/mol. The van der Waals surface area contributed by atoms with Gasteiger partial charge in [-0.2, -0.15) is 0 Å². The minimum Gasteiger partial charge on any atom is -0.465 e. The van der Waals surface area contributed by atoms with Crippen molar-refractivity contribution in [3.05, 3.63) is 35.6 Å². The third-order valence-electron chi connectivity index (χ3n) is 5.89. The van der Waals surface area contributed by atoms with Gasteiger partial charge in [-0.15, -0.1) is 0 Å². The lowest BCUT2D eigenvalue weighted by Crippen LogP contribution is -2.64. The van der Waals surface area contributed by atoms with Crippen LogP contribution in [-0.2, 0) is 5.41 Å². The lowest BCUT2D eigenvalue weighted by atomic mass is 9.45. The molecule has 0 aliphatic heterocycles. The van der Waals surface area contributed by atoms with Crippen molar-refractivity contribution in [1.29, 1.82) is 0 Å². The van der Waals surface area contributed by atoms with Crippen LogP contribution in [0.4, 0.5) is 9.18 Å². The van der Waals surface area contributed by atoms with Crippen molar-refractivity contribution in [3.63, 3.8) is 0 Å². The van der Waals surface area contributed by atoms with Crippen LogP contribution in [0.5, 0.6) is 0 Å². The van der Waals surface area contributed by atoms with Gasteiger partial charge in [-0.1, -0.05) is 12.1 Å². The molecule has 0 heterocycles. The molecule has 112 valence electrons. The van der Waals surface area contributed by atoms with Crippen LogP contribution in [-0.4, -0.2) is 16.7 Å². The van der Waals surface area contributed by atoms with Gasteiger partial charge in [0.15, 0.2) is 0 Å². The first-order valence-electron chi connectivity index (χ1n) is 7.76. The maximum Gasteiger partial charge on any atom is 0.405 e. The van der Waals surface area contributed by atoms with E-state index in [1.807, 2.05) is 12.1 Å². The van der Waals surface area contributed by atoms with Gasteiger partial charge in [0.2, 0.25) is 0 Å². The van der Waals surface area contributed by atoms with Gasteiger partial charge in [0.25, 0.3) is 0 Å². The van der Waals surface area contributed by atoms with E-state index in [1.54, 1.807) is 0 Å². The summed E-state index contributed by atoms with van der Waals surface area (Å²) in [4.78, 5) is 11.2. The van der Waals surface area contributed by atoms with Gasteiger partial charge in [0, 0.05) is 5.54 Å². The molecule has 2 atom stereocenters. The molecule has 1 aromatic carbocycles. The zero-order chi connectivity index (χ0) is 14.7. The Balaban J connectivity index is 1.73. The number of nitrogens with one attached hydrogen (secondary N) is 1. The van der Waals surface area contributed by atoms with Crippen molar-refractivity contribution in [1.82, 2.24) is 5.32 Å². The van der Waals surface area contributed by atoms with E-state index in [0.717, 1.165) is 32.1 Å². The third kappa shape index (κ3) is 2.03. The molecule has 2 N–H and O–H groups in total. The van der Waals surface area contributed by atoms with Crippen molar-refractivity contribution < 1.29 is 14.3 Å². The van der Waals surface area contributed by atoms with Crippen LogP contribution in [0, 0.1) is 17.7 Å². The zero-order valence-corrected chi connectivity index (χ0v) is 11.9. The van der Waals surface area contributed by atoms with E-state index < -0.39 is 6.09 Å². The van der Waals surface area contributed by atoms with Gasteiger partial charge < -0.3 is 10.4 Å². The van der Waals surface area contributed by atoms with Crippen LogP contribution < -0.4 is 5.32 Å². The van der Waals surface area contributed by atoms with Crippen LogP contribution in [0.2, 0.25) is 0 Å². The van der Waals surface area contributed by atoms with Crippen molar-refractivity contribution in [2.24, 2.45) is 11.8 Å². The number of halogens is 1. The van der Waals surface area contributed by atoms with Crippen molar-refractivity contribution >= 4 is 6.09 Å². The summed E-state index contributed by atoms with van der Waals surface area (Å²) >= 11 is 0. The summed E-state index contributed by atoms with van der Waals surface area (Å²) < 4.78 is 13.2. The molecule has 4 fully saturated rings. The Hall–Kier alpha value is -1.58. The molecule has 1 aromatic rings. The molecule has 0 saturated heterocycles. The third-order valence-corrected chi connectivity index (χ3v) is 5.89. The van der Waals surface area contributed by atoms with Gasteiger partial charge in [0.05, 0.1) is 0 Å². The van der Waals surface area contributed by atoms with E-state index in [2.05, 4.69) is 5.32 Å². The fraction of sp³-hybridized carbons (Fsp3) is 0.588. The molecular weight excluding hydrogens is 269 g/mol. The number of carboxylic acid groups (broad SMARTS) is 1. The number of hydrogen-bond acceptors (Lipinski definition) is 1. The van der Waals surface area contributed by atoms with E-state index in [-0.39, 0.29) is 16.8 Å². The molecule has 1 amide bonds. The molecule has 4 aliphatic rings. The van der Waals surface area contributed by atoms with E-state index in [0.29, 0.717) is 11.8 Å². The van der Waals surface area contributed by atoms with Gasteiger partial charge in [-0.3, -0.25) is 0 Å². The van der Waals surface area contributed by atoms with Gasteiger partial charge >= 0.3 is 6.09 Å². The standard InChI is InChI=1S/C17H20FNO2/c18-14-3-1-13(2-4-14)16-6-11-5-12(7-16)9-17(8-11,10-16)19-15(20)21/h1-4,11-12,19H,5-10H2,(H,20,21). The minimum atomic E-state index is -0.911. The van der Waals surface area contributed by atoms with Crippen molar-refractivity contribution in [2.45, 2.75) is 49.5 Å². The van der Waals surface area contributed by atoms with E-state index in [9.17, 15) is 14.3 Å². The summed E-state index contributed by atoms with van der Waals surface area (Å²) in [5, 5.41) is 12.0. The van der Waals surface area contributed by atoms with E-state index in [4.69, 9.17) is 0 Å². The SMILES string of the molecule is O=C(O)NC12CC3CC(C1)CC(c1ccc(F)cc1)(C3)C2. The average molecular weight is 289 g/mol. The molecule has 5 rings (SSSR count). The Bertz CT molecular complexity index is 569. The highest BCUT2D eigenvalue weighted by molar-refractivity contribution is 5.66. The van der Waals surface area contributed by atoms with Crippen molar-refractivity contribution in [2.75, 3.05) is 0 Å². The Kier molecular flexibility index (Phi) is 2.63.